The first-order valence-electron chi connectivity index (χ1n) is 8.41. The second kappa shape index (κ2) is 7.08. The molecule has 26 heavy (non-hydrogen) atoms. The van der Waals surface area contributed by atoms with E-state index in [9.17, 15) is 8.42 Å². The zero-order valence-corrected chi connectivity index (χ0v) is 15.7. The number of benzene rings is 1. The minimum Gasteiger partial charge on any atom is -0.382 e. The summed E-state index contributed by atoms with van der Waals surface area (Å²) >= 11 is 0. The predicted molar refractivity (Wildman–Crippen MR) is 102 cm³/mol. The summed E-state index contributed by atoms with van der Waals surface area (Å²) in [6, 6.07) is 6.77. The molecule has 1 aliphatic rings. The average Bonchev–Trinajstić information content (AvgIpc) is 2.61. The summed E-state index contributed by atoms with van der Waals surface area (Å²) in [4.78, 5) is 10.6. The maximum absolute atomic E-state index is 12.8. The quantitative estimate of drug-likeness (QED) is 0.817. The first-order valence-corrected chi connectivity index (χ1v) is 9.96. The highest BCUT2D eigenvalue weighted by atomic mass is 32.2. The van der Waals surface area contributed by atoms with E-state index in [-0.39, 0.29) is 16.7 Å². The molecule has 2 aromatic rings. The molecular weight excluding hydrogens is 354 g/mol. The lowest BCUT2D eigenvalue weighted by Gasteiger charge is -2.31. The molecule has 1 saturated heterocycles. The van der Waals surface area contributed by atoms with E-state index >= 15 is 0 Å². The van der Waals surface area contributed by atoms with Gasteiger partial charge in [-0.1, -0.05) is 18.2 Å². The highest BCUT2D eigenvalue weighted by molar-refractivity contribution is 7.92. The molecule has 9 heteroatoms. The number of sulfone groups is 1. The van der Waals surface area contributed by atoms with Crippen LogP contribution in [0.15, 0.2) is 29.2 Å². The van der Waals surface area contributed by atoms with Gasteiger partial charge in [-0.2, -0.15) is 4.98 Å². The van der Waals surface area contributed by atoms with Crippen LogP contribution in [-0.4, -0.2) is 49.9 Å². The van der Waals surface area contributed by atoms with Crippen molar-refractivity contribution in [1.82, 2.24) is 9.97 Å². The SMILES string of the molecule is CC(C)S(=O)(=O)c1ccccc1-c1nc(N)nc(N)c1N1CCOCC1. The van der Waals surface area contributed by atoms with E-state index in [4.69, 9.17) is 16.2 Å². The third kappa shape index (κ3) is 3.32. The Bertz CT molecular complexity index is 909. The van der Waals surface area contributed by atoms with Crippen molar-refractivity contribution in [2.45, 2.75) is 24.0 Å². The molecule has 1 aromatic heterocycles. The molecule has 3 rings (SSSR count). The van der Waals surface area contributed by atoms with Crippen LogP contribution in [0.3, 0.4) is 0 Å². The Morgan fingerprint density at radius 2 is 1.77 bits per heavy atom. The van der Waals surface area contributed by atoms with E-state index in [2.05, 4.69) is 9.97 Å². The number of hydrogen-bond acceptors (Lipinski definition) is 8. The van der Waals surface area contributed by atoms with Crippen molar-refractivity contribution in [2.75, 3.05) is 42.7 Å². The Morgan fingerprint density at radius 1 is 1.12 bits per heavy atom. The van der Waals surface area contributed by atoms with Gasteiger partial charge in [0, 0.05) is 18.7 Å². The van der Waals surface area contributed by atoms with Crippen LogP contribution >= 0.6 is 0 Å². The van der Waals surface area contributed by atoms with E-state index in [0.717, 1.165) is 0 Å². The zero-order chi connectivity index (χ0) is 18.9. The topological polar surface area (TPSA) is 124 Å². The third-order valence-electron chi connectivity index (χ3n) is 4.32. The molecule has 0 saturated carbocycles. The number of aromatic nitrogens is 2. The van der Waals surface area contributed by atoms with Crippen LogP contribution in [0.1, 0.15) is 13.8 Å². The first kappa shape index (κ1) is 18.4. The summed E-state index contributed by atoms with van der Waals surface area (Å²) < 4.78 is 31.1. The van der Waals surface area contributed by atoms with Gasteiger partial charge in [0.15, 0.2) is 15.7 Å². The number of ether oxygens (including phenoxy) is 1. The van der Waals surface area contributed by atoms with E-state index in [1.807, 2.05) is 4.90 Å². The van der Waals surface area contributed by atoms with Crippen LogP contribution in [0.25, 0.3) is 11.3 Å². The number of hydrogen-bond donors (Lipinski definition) is 2. The lowest BCUT2D eigenvalue weighted by molar-refractivity contribution is 0.123. The molecule has 0 amide bonds. The molecule has 1 aromatic carbocycles. The molecule has 0 unspecified atom stereocenters. The van der Waals surface area contributed by atoms with Crippen molar-refractivity contribution in [3.05, 3.63) is 24.3 Å². The summed E-state index contributed by atoms with van der Waals surface area (Å²) in [5.74, 6) is 0.234. The van der Waals surface area contributed by atoms with Crippen molar-refractivity contribution in [2.24, 2.45) is 0 Å². The molecule has 0 bridgehead atoms. The number of rotatable bonds is 4. The van der Waals surface area contributed by atoms with Gasteiger partial charge in [0.05, 0.1) is 23.4 Å². The third-order valence-corrected chi connectivity index (χ3v) is 6.54. The van der Waals surface area contributed by atoms with Gasteiger partial charge in [0.25, 0.3) is 0 Å². The predicted octanol–water partition coefficient (Wildman–Crippen LogP) is 1.33. The number of nitrogens with zero attached hydrogens (tertiary/aromatic N) is 3. The summed E-state index contributed by atoms with van der Waals surface area (Å²) in [6.45, 7) is 5.63. The number of anilines is 3. The highest BCUT2D eigenvalue weighted by Gasteiger charge is 2.28. The first-order chi connectivity index (χ1) is 12.3. The number of nitrogen functional groups attached to an aromatic ring is 2. The molecule has 0 radical (unpaired) electrons. The lowest BCUT2D eigenvalue weighted by Crippen LogP contribution is -2.37. The van der Waals surface area contributed by atoms with Gasteiger partial charge in [-0.05, 0) is 19.9 Å². The van der Waals surface area contributed by atoms with Gasteiger partial charge in [-0.25, -0.2) is 13.4 Å². The summed E-state index contributed by atoms with van der Waals surface area (Å²) in [5.41, 5.74) is 13.5. The normalized spacial score (nSPS) is 15.4. The largest absolute Gasteiger partial charge is 0.382 e. The average molecular weight is 377 g/mol. The van der Waals surface area contributed by atoms with Crippen molar-refractivity contribution in [3.8, 4) is 11.3 Å². The van der Waals surface area contributed by atoms with Crippen molar-refractivity contribution in [3.63, 3.8) is 0 Å². The maximum Gasteiger partial charge on any atom is 0.222 e. The van der Waals surface area contributed by atoms with Gasteiger partial charge in [-0.3, -0.25) is 0 Å². The number of morpholine rings is 1. The summed E-state index contributed by atoms with van der Waals surface area (Å²) in [6.07, 6.45) is 0. The molecule has 0 atom stereocenters. The van der Waals surface area contributed by atoms with E-state index in [1.54, 1.807) is 38.1 Å². The van der Waals surface area contributed by atoms with Crippen LogP contribution in [-0.2, 0) is 14.6 Å². The van der Waals surface area contributed by atoms with Crippen molar-refractivity contribution < 1.29 is 13.2 Å². The zero-order valence-electron chi connectivity index (χ0n) is 14.8. The summed E-state index contributed by atoms with van der Waals surface area (Å²) in [7, 11) is -3.51. The Kier molecular flexibility index (Phi) is 5.01. The smallest absolute Gasteiger partial charge is 0.222 e. The Labute approximate surface area is 153 Å². The van der Waals surface area contributed by atoms with Crippen molar-refractivity contribution in [1.29, 1.82) is 0 Å². The molecule has 1 aliphatic heterocycles. The summed E-state index contributed by atoms with van der Waals surface area (Å²) in [5, 5.41) is -0.563. The molecular formula is C17H23N5O3S. The molecule has 8 nitrogen and oxygen atoms in total. The van der Waals surface area contributed by atoms with Crippen LogP contribution in [0.2, 0.25) is 0 Å². The van der Waals surface area contributed by atoms with Gasteiger partial charge < -0.3 is 21.1 Å². The molecule has 1 fully saturated rings. The fourth-order valence-corrected chi connectivity index (χ4v) is 4.19. The Hall–Kier alpha value is -2.39. The van der Waals surface area contributed by atoms with Gasteiger partial charge in [-0.15, -0.1) is 0 Å². The fraction of sp³-hybridized carbons (Fsp3) is 0.412. The van der Waals surface area contributed by atoms with Crippen LogP contribution in [0, 0.1) is 0 Å². The standard InChI is InChI=1S/C17H23N5O3S/c1-11(2)26(23,24)13-6-4-3-5-12(13)14-15(16(18)21-17(19)20-14)22-7-9-25-10-8-22/h3-6,11H,7-10H2,1-2H3,(H4,18,19,20,21). The monoisotopic (exact) mass is 377 g/mol. The molecule has 0 spiro atoms. The number of nitrogens with two attached hydrogens (primary N) is 2. The van der Waals surface area contributed by atoms with Crippen LogP contribution in [0.5, 0.6) is 0 Å². The Morgan fingerprint density at radius 3 is 2.42 bits per heavy atom. The van der Waals surface area contributed by atoms with Crippen LogP contribution < -0.4 is 16.4 Å². The molecule has 140 valence electrons. The minimum absolute atomic E-state index is 0.00579. The molecule has 4 N–H and O–H groups in total. The second-order valence-electron chi connectivity index (χ2n) is 6.35. The maximum atomic E-state index is 12.8. The minimum atomic E-state index is -3.51. The van der Waals surface area contributed by atoms with Crippen molar-refractivity contribution >= 4 is 27.3 Å². The molecule has 2 heterocycles. The van der Waals surface area contributed by atoms with Gasteiger partial charge >= 0.3 is 0 Å². The molecule has 0 aliphatic carbocycles. The fourth-order valence-electron chi connectivity index (χ4n) is 2.94. The van der Waals surface area contributed by atoms with E-state index in [1.165, 1.54) is 0 Å². The Balaban J connectivity index is 2.25. The highest BCUT2D eigenvalue weighted by Crippen LogP contribution is 2.38. The van der Waals surface area contributed by atoms with E-state index in [0.29, 0.717) is 43.2 Å². The second-order valence-corrected chi connectivity index (χ2v) is 8.83. The van der Waals surface area contributed by atoms with E-state index < -0.39 is 15.1 Å². The van der Waals surface area contributed by atoms with Gasteiger partial charge in [0.2, 0.25) is 5.95 Å². The lowest BCUT2D eigenvalue weighted by atomic mass is 10.1. The van der Waals surface area contributed by atoms with Gasteiger partial charge in [0.1, 0.15) is 11.4 Å². The van der Waals surface area contributed by atoms with Crippen LogP contribution in [0.4, 0.5) is 17.5 Å².